The molecule has 32 heavy (non-hydrogen) atoms. The van der Waals surface area contributed by atoms with Gasteiger partial charge in [0.05, 0.1) is 6.61 Å². The number of imide groups is 1. The monoisotopic (exact) mass is 447 g/mol. The zero-order valence-electron chi connectivity index (χ0n) is 19.5. The topological polar surface area (TPSA) is 70.7 Å². The lowest BCUT2D eigenvalue weighted by Crippen LogP contribution is -2.49. The van der Waals surface area contributed by atoms with Crippen molar-refractivity contribution in [2.75, 3.05) is 26.2 Å². The van der Waals surface area contributed by atoms with E-state index in [1.165, 1.54) is 18.9 Å². The van der Waals surface area contributed by atoms with Crippen LogP contribution in [0.25, 0.3) is 0 Å². The molecule has 3 rings (SSSR count). The molecule has 1 aliphatic heterocycles. The highest BCUT2D eigenvalue weighted by Gasteiger charge is 2.24. The third kappa shape index (κ3) is 7.76. The normalized spacial score (nSPS) is 17.6. The summed E-state index contributed by atoms with van der Waals surface area (Å²) in [5, 5.41) is 6.00. The summed E-state index contributed by atoms with van der Waals surface area (Å²) in [6.07, 6.45) is 8.14. The molecular formula is C25H38FN3O3. The molecular weight excluding hydrogens is 409 g/mol. The first-order chi connectivity index (χ1) is 15.4. The summed E-state index contributed by atoms with van der Waals surface area (Å²) in [5.41, 5.74) is 1.07. The van der Waals surface area contributed by atoms with Gasteiger partial charge in [-0.15, -0.1) is 0 Å². The van der Waals surface area contributed by atoms with Gasteiger partial charge in [-0.25, -0.2) is 9.18 Å². The van der Waals surface area contributed by atoms with Crippen molar-refractivity contribution in [1.82, 2.24) is 15.5 Å². The third-order valence-electron chi connectivity index (χ3n) is 6.26. The second-order valence-corrected chi connectivity index (χ2v) is 9.48. The van der Waals surface area contributed by atoms with Gasteiger partial charge in [0.15, 0.2) is 11.6 Å². The highest BCUT2D eigenvalue weighted by molar-refractivity contribution is 5.96. The molecule has 1 aliphatic carbocycles. The van der Waals surface area contributed by atoms with Crippen molar-refractivity contribution in [3.05, 3.63) is 29.6 Å². The number of nitrogens with zero attached hydrogens (tertiary/aromatic N) is 1. The summed E-state index contributed by atoms with van der Waals surface area (Å²) >= 11 is 0. The first-order valence-corrected chi connectivity index (χ1v) is 12.2. The number of unbranched alkanes of at least 4 members (excludes halogenated alkanes) is 4. The molecule has 1 aromatic rings. The lowest BCUT2D eigenvalue weighted by atomic mass is 9.95. The van der Waals surface area contributed by atoms with Crippen molar-refractivity contribution in [2.24, 2.45) is 11.8 Å². The minimum Gasteiger partial charge on any atom is -0.490 e. The van der Waals surface area contributed by atoms with E-state index in [-0.39, 0.29) is 23.8 Å². The van der Waals surface area contributed by atoms with Crippen molar-refractivity contribution in [3.63, 3.8) is 0 Å². The Kier molecular flexibility index (Phi) is 9.33. The number of nitrogens with one attached hydrogen (secondary N) is 2. The SMILES string of the molecule is CC(C)C(NCCCCCCCN1CCC(=O)NC1=O)c1ccc(F)c(OCC2CC2)c1. The van der Waals surface area contributed by atoms with E-state index in [9.17, 15) is 14.0 Å². The van der Waals surface area contributed by atoms with E-state index in [4.69, 9.17) is 4.74 Å². The number of ether oxygens (including phenoxy) is 1. The average molecular weight is 448 g/mol. The Morgan fingerprint density at radius 3 is 2.62 bits per heavy atom. The maximum Gasteiger partial charge on any atom is 0.324 e. The summed E-state index contributed by atoms with van der Waals surface area (Å²) in [4.78, 5) is 24.6. The van der Waals surface area contributed by atoms with Crippen LogP contribution in [0.15, 0.2) is 18.2 Å². The fourth-order valence-corrected chi connectivity index (χ4v) is 4.08. The molecule has 1 aromatic carbocycles. The molecule has 3 amide bonds. The molecule has 2 N–H and O–H groups in total. The van der Waals surface area contributed by atoms with Gasteiger partial charge in [-0.05, 0) is 61.8 Å². The van der Waals surface area contributed by atoms with Crippen molar-refractivity contribution in [1.29, 1.82) is 0 Å². The molecule has 0 bridgehead atoms. The number of hydrogen-bond acceptors (Lipinski definition) is 4. The van der Waals surface area contributed by atoms with Crippen molar-refractivity contribution >= 4 is 11.9 Å². The Bertz CT molecular complexity index is 767. The molecule has 0 spiro atoms. The minimum atomic E-state index is -0.287. The first kappa shape index (κ1) is 24.5. The van der Waals surface area contributed by atoms with Crippen molar-refractivity contribution < 1.29 is 18.7 Å². The molecule has 178 valence electrons. The van der Waals surface area contributed by atoms with E-state index in [1.807, 2.05) is 12.1 Å². The Balaban J connectivity index is 1.33. The quantitative estimate of drug-likeness (QED) is 0.402. The fourth-order valence-electron chi connectivity index (χ4n) is 4.08. The van der Waals surface area contributed by atoms with E-state index in [1.54, 1.807) is 4.90 Å². The third-order valence-corrected chi connectivity index (χ3v) is 6.26. The Hall–Kier alpha value is -2.15. The van der Waals surface area contributed by atoms with E-state index < -0.39 is 0 Å². The van der Waals surface area contributed by atoms with Crippen LogP contribution in [0.4, 0.5) is 9.18 Å². The highest BCUT2D eigenvalue weighted by Crippen LogP contribution is 2.32. The zero-order chi connectivity index (χ0) is 22.9. The predicted molar refractivity (Wildman–Crippen MR) is 123 cm³/mol. The second kappa shape index (κ2) is 12.2. The molecule has 1 atom stereocenters. The van der Waals surface area contributed by atoms with E-state index in [0.29, 0.717) is 43.7 Å². The van der Waals surface area contributed by atoms with Crippen LogP contribution in [0.1, 0.15) is 76.8 Å². The van der Waals surface area contributed by atoms with Gasteiger partial charge in [0.1, 0.15) is 0 Å². The highest BCUT2D eigenvalue weighted by atomic mass is 19.1. The molecule has 0 aromatic heterocycles. The smallest absolute Gasteiger partial charge is 0.324 e. The molecule has 1 heterocycles. The van der Waals surface area contributed by atoms with E-state index in [2.05, 4.69) is 24.5 Å². The maximum atomic E-state index is 14.1. The van der Waals surface area contributed by atoms with Crippen LogP contribution in [0.3, 0.4) is 0 Å². The molecule has 1 saturated heterocycles. The maximum absolute atomic E-state index is 14.1. The summed E-state index contributed by atoms with van der Waals surface area (Å²) in [5.74, 6) is 0.887. The van der Waals surface area contributed by atoms with E-state index >= 15 is 0 Å². The molecule has 0 radical (unpaired) electrons. The summed E-state index contributed by atoms with van der Waals surface area (Å²) in [7, 11) is 0. The average Bonchev–Trinajstić information content (AvgIpc) is 3.58. The number of halogens is 1. The van der Waals surface area contributed by atoms with Crippen molar-refractivity contribution in [2.45, 2.75) is 71.3 Å². The van der Waals surface area contributed by atoms with Crippen LogP contribution >= 0.6 is 0 Å². The first-order valence-electron chi connectivity index (χ1n) is 12.2. The van der Waals surface area contributed by atoms with Gasteiger partial charge in [-0.3, -0.25) is 10.1 Å². The summed E-state index contributed by atoms with van der Waals surface area (Å²) < 4.78 is 19.9. The summed E-state index contributed by atoms with van der Waals surface area (Å²) in [6, 6.07) is 5.15. The van der Waals surface area contributed by atoms with Crippen LogP contribution < -0.4 is 15.4 Å². The van der Waals surface area contributed by atoms with E-state index in [0.717, 1.165) is 44.2 Å². The Morgan fingerprint density at radius 1 is 1.16 bits per heavy atom. The number of hydrogen-bond donors (Lipinski definition) is 2. The van der Waals surface area contributed by atoms with Gasteiger partial charge in [-0.2, -0.15) is 0 Å². The summed E-state index contributed by atoms with van der Waals surface area (Å²) in [6.45, 7) is 7.12. The predicted octanol–water partition coefficient (Wildman–Crippen LogP) is 4.79. The van der Waals surface area contributed by atoms with Gasteiger partial charge < -0.3 is 15.0 Å². The minimum absolute atomic E-state index is 0.166. The lowest BCUT2D eigenvalue weighted by molar-refractivity contribution is -0.121. The molecule has 1 saturated carbocycles. The Labute approximate surface area is 191 Å². The number of urea groups is 1. The fraction of sp³-hybridized carbons (Fsp3) is 0.680. The van der Waals surface area contributed by atoms with Crippen LogP contribution in [-0.2, 0) is 4.79 Å². The van der Waals surface area contributed by atoms with Gasteiger partial charge in [-0.1, -0.05) is 39.2 Å². The van der Waals surface area contributed by atoms with Gasteiger partial charge >= 0.3 is 6.03 Å². The van der Waals surface area contributed by atoms with Crippen LogP contribution in [0, 0.1) is 17.7 Å². The lowest BCUT2D eigenvalue weighted by Gasteiger charge is -2.26. The number of carbonyl (C=O) groups is 2. The second-order valence-electron chi connectivity index (χ2n) is 9.48. The molecule has 2 fully saturated rings. The van der Waals surface area contributed by atoms with Crippen LogP contribution in [0.5, 0.6) is 5.75 Å². The number of amides is 3. The molecule has 6 nitrogen and oxygen atoms in total. The Morgan fingerprint density at radius 2 is 1.91 bits per heavy atom. The molecule has 7 heteroatoms. The van der Waals surface area contributed by atoms with Gasteiger partial charge in [0, 0.05) is 25.6 Å². The largest absolute Gasteiger partial charge is 0.490 e. The zero-order valence-corrected chi connectivity index (χ0v) is 19.5. The number of carbonyl (C=O) groups excluding carboxylic acids is 2. The van der Waals surface area contributed by atoms with Gasteiger partial charge in [0.2, 0.25) is 5.91 Å². The van der Waals surface area contributed by atoms with Gasteiger partial charge in [0.25, 0.3) is 0 Å². The number of rotatable bonds is 14. The van der Waals surface area contributed by atoms with Crippen LogP contribution in [-0.4, -0.2) is 43.1 Å². The standard InChI is InChI=1S/C25H38FN3O3/c1-18(2)24(20-10-11-21(26)22(16-20)32-17-19-8-9-19)27-13-6-4-3-5-7-14-29-15-12-23(30)28-25(29)31/h10-11,16,18-19,24,27H,3-9,12-15,17H2,1-2H3,(H,28,30,31). The number of benzene rings is 1. The van der Waals surface area contributed by atoms with Crippen molar-refractivity contribution in [3.8, 4) is 5.75 Å². The molecule has 2 aliphatic rings. The molecule has 1 unspecified atom stereocenters. The van der Waals surface area contributed by atoms with Crippen LogP contribution in [0.2, 0.25) is 0 Å².